The molecule has 1 saturated carbocycles. The van der Waals surface area contributed by atoms with Crippen molar-refractivity contribution in [2.24, 2.45) is 11.7 Å². The van der Waals surface area contributed by atoms with Gasteiger partial charge in [0.1, 0.15) is 17.4 Å². The Morgan fingerprint density at radius 1 is 0.933 bits per heavy atom. The number of halogens is 18. The Morgan fingerprint density at radius 2 is 1.38 bits per heavy atom. The van der Waals surface area contributed by atoms with Crippen molar-refractivity contribution in [2.45, 2.75) is 38.0 Å². The SMILES string of the molecule is CC[C@H]1CN(c2c(F)cc3c(=O)c(C(=O)O)cn([C@@H]4C[C@@H]4F)c3c2OC)C[C@H]1N.FF.FF.FF.FF.FF.FF.FF.FF. The van der Waals surface area contributed by atoms with E-state index in [1.807, 2.05) is 6.92 Å². The Kier molecular flexibility index (Phi) is 34.1. The largest absolute Gasteiger partial charge is 0.492 e. The lowest BCUT2D eigenvalue weighted by atomic mass is 10.0. The molecule has 0 bridgehead atoms. The number of pyridine rings is 1. The van der Waals surface area contributed by atoms with Gasteiger partial charge in [-0.15, -0.1) is 0 Å². The van der Waals surface area contributed by atoms with Crippen LogP contribution in [0.2, 0.25) is 0 Å². The van der Waals surface area contributed by atoms with Gasteiger partial charge < -0.3 is 25.0 Å². The van der Waals surface area contributed by atoms with E-state index in [0.29, 0.717) is 13.1 Å². The molecule has 1 aromatic heterocycles. The van der Waals surface area contributed by atoms with Crippen molar-refractivity contribution in [1.29, 1.82) is 0 Å². The van der Waals surface area contributed by atoms with Crippen LogP contribution in [0.3, 0.4) is 0 Å². The van der Waals surface area contributed by atoms with Crippen LogP contribution in [-0.2, 0) is 0 Å². The molecule has 1 aromatic carbocycles. The number of carboxylic acids is 1. The van der Waals surface area contributed by atoms with Crippen molar-refractivity contribution in [2.75, 3.05) is 25.1 Å². The van der Waals surface area contributed by atoms with Gasteiger partial charge in [0.05, 0.1) is 24.1 Å². The van der Waals surface area contributed by atoms with Crippen molar-refractivity contribution in [3.8, 4) is 5.75 Å². The molecule has 1 saturated heterocycles. The van der Waals surface area contributed by atoms with Gasteiger partial charge in [-0.05, 0) is 12.0 Å². The molecule has 4 rings (SSSR count). The number of hydrogen-bond acceptors (Lipinski definition) is 5. The number of carbonyl (C=O) groups is 1. The number of methoxy groups -OCH3 is 1. The van der Waals surface area contributed by atoms with Crippen molar-refractivity contribution >= 4 is 22.6 Å². The summed E-state index contributed by atoms with van der Waals surface area (Å²) in [6.45, 7) is 2.97. The minimum atomic E-state index is -1.44. The van der Waals surface area contributed by atoms with Crippen molar-refractivity contribution in [1.82, 2.24) is 4.57 Å². The van der Waals surface area contributed by atoms with Gasteiger partial charge in [0, 0.05) is 105 Å². The van der Waals surface area contributed by atoms with E-state index in [1.165, 1.54) is 11.7 Å². The molecule has 0 radical (unpaired) electrons. The summed E-state index contributed by atoms with van der Waals surface area (Å²) in [7, 11) is 1.35. The van der Waals surface area contributed by atoms with E-state index in [-0.39, 0.29) is 40.7 Å². The number of nitrogens with zero attached hydrogens (tertiary/aromatic N) is 2. The van der Waals surface area contributed by atoms with Gasteiger partial charge in [-0.1, -0.05) is 13.3 Å². The van der Waals surface area contributed by atoms with Crippen LogP contribution >= 0.6 is 0 Å². The maximum absolute atomic E-state index is 15.2. The average Bonchev–Trinajstić information content (AvgIpc) is 3.73. The van der Waals surface area contributed by atoms with Gasteiger partial charge in [0.15, 0.2) is 11.6 Å². The second-order valence-corrected chi connectivity index (χ2v) is 7.78. The zero-order valence-electron chi connectivity index (χ0n) is 22.2. The number of aromatic nitrogens is 1. The van der Waals surface area contributed by atoms with Gasteiger partial charge in [0.2, 0.25) is 5.43 Å². The molecule has 7 nitrogen and oxygen atoms in total. The highest BCUT2D eigenvalue weighted by Gasteiger charge is 2.41. The number of carboxylic acid groups (broad SMARTS) is 1. The Balaban J connectivity index is -0.000000291. The second-order valence-electron chi connectivity index (χ2n) is 7.78. The molecule has 268 valence electrons. The van der Waals surface area contributed by atoms with Crippen molar-refractivity contribution < 1.29 is 96.6 Å². The Bertz CT molecular complexity index is 1090. The summed E-state index contributed by atoms with van der Waals surface area (Å²) in [6, 6.07) is 0.279. The highest BCUT2D eigenvalue weighted by atomic mass is 20.0. The third-order valence-electron chi connectivity index (χ3n) is 6.00. The van der Waals surface area contributed by atoms with E-state index < -0.39 is 35.0 Å². The maximum atomic E-state index is 15.2. The number of benzene rings is 1. The molecule has 4 atom stereocenters. The Hall–Kier alpha value is -3.80. The van der Waals surface area contributed by atoms with Gasteiger partial charge >= 0.3 is 5.97 Å². The van der Waals surface area contributed by atoms with Crippen molar-refractivity contribution in [3.63, 3.8) is 0 Å². The number of hydrogen-bond donors (Lipinski definition) is 2. The van der Waals surface area contributed by atoms with Gasteiger partial charge in [-0.25, -0.2) is 13.6 Å². The monoisotopic (exact) mass is 711 g/mol. The summed E-state index contributed by atoms with van der Waals surface area (Å²) in [5.74, 6) is -1.86. The van der Waals surface area contributed by atoms with Crippen LogP contribution in [0.4, 0.5) is 87.7 Å². The molecule has 1 aliphatic carbocycles. The van der Waals surface area contributed by atoms with E-state index in [2.05, 4.69) is 0 Å². The molecule has 3 N–H and O–H groups in total. The smallest absolute Gasteiger partial charge is 0.341 e. The summed E-state index contributed by atoms with van der Waals surface area (Å²) >= 11 is 0. The topological polar surface area (TPSA) is 97.8 Å². The van der Waals surface area contributed by atoms with Crippen molar-refractivity contribution in [3.05, 3.63) is 33.9 Å². The number of anilines is 1. The first-order valence-electron chi connectivity index (χ1n) is 10.8. The molecule has 45 heavy (non-hydrogen) atoms. The summed E-state index contributed by atoms with van der Waals surface area (Å²) in [6.07, 6.45) is 1.00. The molecule has 2 fully saturated rings. The molecular formula is C20H23F18N3O4. The maximum Gasteiger partial charge on any atom is 0.341 e. The van der Waals surface area contributed by atoms with E-state index >= 15 is 4.39 Å². The van der Waals surface area contributed by atoms with Crippen LogP contribution in [0.1, 0.15) is 36.2 Å². The molecular weight excluding hydrogens is 688 g/mol. The first-order valence-corrected chi connectivity index (χ1v) is 10.8. The van der Waals surface area contributed by atoms with Gasteiger partial charge in [0.25, 0.3) is 0 Å². The molecule has 2 heterocycles. The molecule has 2 aromatic rings. The standard InChI is InChI=1S/C20H23F2N3O4.8F2/c1-3-9-6-24(8-14(9)23)17-13(22)4-10-16(19(17)29-2)25(15-5-12(15)21)7-11(18(10)26)20(27)28;8*1-2/h4,7,9,12,14-15H,3,5-6,8,23H2,1-2H3,(H,27,28);;;;;;;;/t9-,12-,14+,15+;;;;;;;;/m0......../s1. The number of rotatable bonds is 5. The first kappa shape index (κ1) is 50.8. The second kappa shape index (κ2) is 30.2. The summed E-state index contributed by atoms with van der Waals surface area (Å²) in [5.41, 5.74) is 5.20. The summed E-state index contributed by atoms with van der Waals surface area (Å²) in [4.78, 5) is 26.0. The van der Waals surface area contributed by atoms with Crippen LogP contribution in [0.25, 0.3) is 10.9 Å². The minimum Gasteiger partial charge on any atom is -0.492 e. The highest BCUT2D eigenvalue weighted by Crippen LogP contribution is 2.46. The lowest BCUT2D eigenvalue weighted by Crippen LogP contribution is -2.29. The fourth-order valence-corrected chi connectivity index (χ4v) is 4.30. The quantitative estimate of drug-likeness (QED) is 0.301. The minimum absolute atomic E-state index is 0.0945. The van der Waals surface area contributed by atoms with E-state index in [1.54, 1.807) is 4.90 Å². The first-order chi connectivity index (χ1) is 21.8. The lowest BCUT2D eigenvalue weighted by molar-refractivity contribution is 0.0694. The highest BCUT2D eigenvalue weighted by molar-refractivity contribution is 5.97. The zero-order valence-corrected chi connectivity index (χ0v) is 22.2. The predicted octanol–water partition coefficient (Wildman–Crippen LogP) is 9.03. The van der Waals surface area contributed by atoms with Crippen LogP contribution in [0.15, 0.2) is 17.1 Å². The number of alkyl halides is 1. The van der Waals surface area contributed by atoms with Gasteiger partial charge in [-0.2, -0.15) is 0 Å². The summed E-state index contributed by atoms with van der Waals surface area (Å²) in [5, 5.41) is 9.23. The van der Waals surface area contributed by atoms with Gasteiger partial charge in [-0.3, -0.25) is 4.79 Å². The fourth-order valence-electron chi connectivity index (χ4n) is 4.30. The number of ether oxygens (including phenoxy) is 1. The molecule has 2 aliphatic rings. The number of nitrogens with two attached hydrogens (primary N) is 1. The van der Waals surface area contributed by atoms with Crippen LogP contribution in [0, 0.1) is 11.7 Å². The normalized spacial score (nSPS) is 17.9. The fraction of sp³-hybridized carbons (Fsp3) is 0.500. The summed E-state index contributed by atoms with van der Waals surface area (Å²) < 4.78 is 164. The Morgan fingerprint density at radius 3 is 1.71 bits per heavy atom. The molecule has 0 spiro atoms. The van der Waals surface area contributed by atoms with Crippen LogP contribution in [-0.4, -0.2) is 48.1 Å². The van der Waals surface area contributed by atoms with Crippen LogP contribution < -0.4 is 20.8 Å². The Labute approximate surface area is 239 Å². The van der Waals surface area contributed by atoms with E-state index in [0.717, 1.165) is 18.7 Å². The predicted molar refractivity (Wildman–Crippen MR) is 122 cm³/mol. The lowest BCUT2D eigenvalue weighted by Gasteiger charge is -2.24. The molecule has 25 heteroatoms. The van der Waals surface area contributed by atoms with E-state index in [9.17, 15) is 19.1 Å². The molecule has 1 aliphatic heterocycles. The zero-order chi connectivity index (χ0) is 37.0. The van der Waals surface area contributed by atoms with Crippen LogP contribution in [0.5, 0.6) is 5.75 Å². The number of aromatic carboxylic acids is 1. The number of fused-ring (bicyclic) bond motifs is 1. The third kappa shape index (κ3) is 13.4. The third-order valence-corrected chi connectivity index (χ3v) is 6.00. The average molecular weight is 711 g/mol. The van der Waals surface area contributed by atoms with E-state index in [4.69, 9.17) is 83.7 Å². The molecule has 0 unspecified atom stereocenters. The molecule has 0 amide bonds.